The molecular formula is C21H29Cl2N3O. The summed E-state index contributed by atoms with van der Waals surface area (Å²) in [6.07, 6.45) is 3.90. The van der Waals surface area contributed by atoms with Gasteiger partial charge in [0.05, 0.1) is 0 Å². The van der Waals surface area contributed by atoms with Gasteiger partial charge in [-0.3, -0.25) is 9.69 Å². The lowest BCUT2D eigenvalue weighted by molar-refractivity contribution is -0.117. The van der Waals surface area contributed by atoms with E-state index in [-0.39, 0.29) is 30.7 Å². The van der Waals surface area contributed by atoms with Gasteiger partial charge in [0.2, 0.25) is 5.91 Å². The average Bonchev–Trinajstić information content (AvgIpc) is 2.63. The number of nitrogens with one attached hydrogen (secondary N) is 1. The first kappa shape index (κ1) is 23.4. The molecule has 3 N–H and O–H groups in total. The average molecular weight is 410 g/mol. The topological polar surface area (TPSA) is 58.4 Å². The molecule has 0 radical (unpaired) electrons. The van der Waals surface area contributed by atoms with Crippen LogP contribution in [0.25, 0.3) is 0 Å². The van der Waals surface area contributed by atoms with E-state index in [0.29, 0.717) is 0 Å². The molecule has 0 aliphatic carbocycles. The van der Waals surface area contributed by atoms with E-state index >= 15 is 0 Å². The SMILES string of the molecule is Cc1ccc(C(N)C(=O)Nc2cccc(CN3CCCCC3)c2)cc1.Cl.Cl. The fourth-order valence-electron chi connectivity index (χ4n) is 3.27. The number of rotatable bonds is 5. The minimum absolute atomic E-state index is 0. The zero-order valence-corrected chi connectivity index (χ0v) is 17.3. The third kappa shape index (κ3) is 6.82. The lowest BCUT2D eigenvalue weighted by Gasteiger charge is -2.26. The minimum atomic E-state index is -0.661. The Morgan fingerprint density at radius 2 is 1.74 bits per heavy atom. The van der Waals surface area contributed by atoms with Gasteiger partial charge in [-0.15, -0.1) is 24.8 Å². The number of hydrogen-bond donors (Lipinski definition) is 2. The molecule has 148 valence electrons. The van der Waals surface area contributed by atoms with Gasteiger partial charge in [-0.25, -0.2) is 0 Å². The fourth-order valence-corrected chi connectivity index (χ4v) is 3.27. The van der Waals surface area contributed by atoms with Gasteiger partial charge in [-0.1, -0.05) is 48.4 Å². The first-order valence-corrected chi connectivity index (χ1v) is 9.06. The van der Waals surface area contributed by atoms with Crippen molar-refractivity contribution in [1.29, 1.82) is 0 Å². The van der Waals surface area contributed by atoms with Gasteiger partial charge in [0.1, 0.15) is 6.04 Å². The van der Waals surface area contributed by atoms with Crippen LogP contribution in [0.3, 0.4) is 0 Å². The van der Waals surface area contributed by atoms with Crippen LogP contribution in [0.2, 0.25) is 0 Å². The molecule has 1 heterocycles. The van der Waals surface area contributed by atoms with Crippen LogP contribution in [0, 0.1) is 6.92 Å². The molecule has 0 spiro atoms. The van der Waals surface area contributed by atoms with E-state index in [1.165, 1.54) is 24.8 Å². The third-order valence-corrected chi connectivity index (χ3v) is 4.77. The van der Waals surface area contributed by atoms with E-state index in [4.69, 9.17) is 5.73 Å². The highest BCUT2D eigenvalue weighted by molar-refractivity contribution is 5.95. The molecule has 6 heteroatoms. The second-order valence-corrected chi connectivity index (χ2v) is 6.91. The smallest absolute Gasteiger partial charge is 0.245 e. The highest BCUT2D eigenvalue weighted by Gasteiger charge is 2.16. The van der Waals surface area contributed by atoms with E-state index in [2.05, 4.69) is 16.3 Å². The number of hydrogen-bond acceptors (Lipinski definition) is 3. The summed E-state index contributed by atoms with van der Waals surface area (Å²) in [7, 11) is 0. The van der Waals surface area contributed by atoms with Crippen molar-refractivity contribution in [3.05, 3.63) is 65.2 Å². The molecule has 1 fully saturated rings. The summed E-state index contributed by atoms with van der Waals surface area (Å²) in [6, 6.07) is 15.2. The summed E-state index contributed by atoms with van der Waals surface area (Å²) in [6.45, 7) is 5.28. The van der Waals surface area contributed by atoms with Crippen molar-refractivity contribution < 1.29 is 4.79 Å². The Morgan fingerprint density at radius 3 is 2.41 bits per heavy atom. The molecule has 0 aromatic heterocycles. The van der Waals surface area contributed by atoms with Crippen molar-refractivity contribution in [2.24, 2.45) is 5.73 Å². The monoisotopic (exact) mass is 409 g/mol. The predicted octanol–water partition coefficient (Wildman–Crippen LogP) is 4.46. The van der Waals surface area contributed by atoms with Crippen molar-refractivity contribution >= 4 is 36.4 Å². The van der Waals surface area contributed by atoms with Crippen LogP contribution in [-0.4, -0.2) is 23.9 Å². The number of nitrogens with zero attached hydrogens (tertiary/aromatic N) is 1. The van der Waals surface area contributed by atoms with Crippen LogP contribution in [-0.2, 0) is 11.3 Å². The Labute approximate surface area is 174 Å². The number of piperidine rings is 1. The normalized spacial score (nSPS) is 15.2. The maximum Gasteiger partial charge on any atom is 0.245 e. The summed E-state index contributed by atoms with van der Waals surface area (Å²) >= 11 is 0. The minimum Gasteiger partial charge on any atom is -0.324 e. The Kier molecular flexibility index (Phi) is 9.81. The van der Waals surface area contributed by atoms with Gasteiger partial charge >= 0.3 is 0 Å². The van der Waals surface area contributed by atoms with Crippen molar-refractivity contribution in [2.45, 2.75) is 38.8 Å². The molecule has 2 aromatic carbocycles. The number of benzene rings is 2. The summed E-state index contributed by atoms with van der Waals surface area (Å²) in [5.74, 6) is -0.182. The first-order valence-electron chi connectivity index (χ1n) is 9.06. The van der Waals surface area contributed by atoms with Crippen molar-refractivity contribution in [3.8, 4) is 0 Å². The van der Waals surface area contributed by atoms with Gasteiger partial charge in [0.25, 0.3) is 0 Å². The van der Waals surface area contributed by atoms with E-state index in [0.717, 1.165) is 36.4 Å². The lowest BCUT2D eigenvalue weighted by atomic mass is 10.1. The standard InChI is InChI=1S/C21H27N3O.2ClH/c1-16-8-10-18(11-9-16)20(22)21(25)23-19-7-5-6-17(14-19)15-24-12-3-2-4-13-24;;/h5-11,14,20H,2-4,12-13,15,22H2,1H3,(H,23,25);2*1H. The molecule has 1 atom stereocenters. The van der Waals surface area contributed by atoms with Crippen LogP contribution < -0.4 is 11.1 Å². The van der Waals surface area contributed by atoms with Crippen LogP contribution >= 0.6 is 24.8 Å². The van der Waals surface area contributed by atoms with Crippen molar-refractivity contribution in [3.63, 3.8) is 0 Å². The molecular weight excluding hydrogens is 381 g/mol. The van der Waals surface area contributed by atoms with Gasteiger partial charge in [-0.05, 0) is 56.1 Å². The molecule has 1 saturated heterocycles. The second kappa shape index (κ2) is 11.3. The molecule has 4 nitrogen and oxygen atoms in total. The van der Waals surface area contributed by atoms with Crippen LogP contribution in [0.5, 0.6) is 0 Å². The second-order valence-electron chi connectivity index (χ2n) is 6.91. The molecule has 0 bridgehead atoms. The van der Waals surface area contributed by atoms with Crippen LogP contribution in [0.1, 0.15) is 42.0 Å². The maximum atomic E-state index is 12.5. The van der Waals surface area contributed by atoms with Crippen LogP contribution in [0.15, 0.2) is 48.5 Å². The number of likely N-dealkylation sites (tertiary alicyclic amines) is 1. The van der Waals surface area contributed by atoms with Crippen molar-refractivity contribution in [2.75, 3.05) is 18.4 Å². The van der Waals surface area contributed by atoms with E-state index in [1.807, 2.05) is 49.4 Å². The quantitative estimate of drug-likeness (QED) is 0.765. The van der Waals surface area contributed by atoms with Gasteiger partial charge in [0.15, 0.2) is 0 Å². The van der Waals surface area contributed by atoms with Gasteiger partial charge in [0, 0.05) is 12.2 Å². The number of aryl methyl sites for hydroxylation is 1. The van der Waals surface area contributed by atoms with E-state index in [1.54, 1.807) is 0 Å². The van der Waals surface area contributed by atoms with E-state index < -0.39 is 6.04 Å². The zero-order valence-electron chi connectivity index (χ0n) is 15.7. The van der Waals surface area contributed by atoms with Gasteiger partial charge < -0.3 is 11.1 Å². The Hall–Kier alpha value is -1.59. The zero-order chi connectivity index (χ0) is 17.6. The maximum absolute atomic E-state index is 12.5. The predicted molar refractivity (Wildman–Crippen MR) is 117 cm³/mol. The summed E-state index contributed by atoms with van der Waals surface area (Å²) in [5, 5.41) is 2.95. The Morgan fingerprint density at radius 1 is 1.07 bits per heavy atom. The number of halogens is 2. The molecule has 1 amide bonds. The number of carbonyl (C=O) groups excluding carboxylic acids is 1. The summed E-state index contributed by atoms with van der Waals surface area (Å²) in [5.41, 5.74) is 10.1. The number of carbonyl (C=O) groups is 1. The molecule has 2 aromatic rings. The number of nitrogens with two attached hydrogens (primary N) is 1. The number of anilines is 1. The first-order chi connectivity index (χ1) is 12.1. The highest BCUT2D eigenvalue weighted by Crippen LogP contribution is 2.18. The van der Waals surface area contributed by atoms with Gasteiger partial charge in [-0.2, -0.15) is 0 Å². The van der Waals surface area contributed by atoms with E-state index in [9.17, 15) is 4.79 Å². The summed E-state index contributed by atoms with van der Waals surface area (Å²) in [4.78, 5) is 14.9. The van der Waals surface area contributed by atoms with Crippen molar-refractivity contribution in [1.82, 2.24) is 4.90 Å². The molecule has 27 heavy (non-hydrogen) atoms. The molecule has 1 aliphatic heterocycles. The fraction of sp³-hybridized carbons (Fsp3) is 0.381. The number of amides is 1. The largest absolute Gasteiger partial charge is 0.324 e. The summed E-state index contributed by atoms with van der Waals surface area (Å²) < 4.78 is 0. The molecule has 0 saturated carbocycles. The Bertz CT molecular complexity index is 716. The Balaban J connectivity index is 0.00000182. The molecule has 1 aliphatic rings. The van der Waals surface area contributed by atoms with Crippen LogP contribution in [0.4, 0.5) is 5.69 Å². The molecule has 3 rings (SSSR count). The highest BCUT2D eigenvalue weighted by atomic mass is 35.5. The molecule has 1 unspecified atom stereocenters. The lowest BCUT2D eigenvalue weighted by Crippen LogP contribution is -2.29. The third-order valence-electron chi connectivity index (χ3n) is 4.77.